The minimum Gasteiger partial charge on any atom is -0.478 e. The molecule has 3 aliphatic heterocycles. The highest BCUT2D eigenvalue weighted by Crippen LogP contribution is 2.18. The Labute approximate surface area is 192 Å². The molecule has 0 atom stereocenters. The zero-order chi connectivity index (χ0) is 25.3. The molecule has 0 bridgehead atoms. The second-order valence-electron chi connectivity index (χ2n) is 7.40. The van der Waals surface area contributed by atoms with Crippen molar-refractivity contribution in [3.63, 3.8) is 0 Å². The van der Waals surface area contributed by atoms with Gasteiger partial charge in [0.05, 0.1) is 19.8 Å². The van der Waals surface area contributed by atoms with Crippen LogP contribution in [0.25, 0.3) is 0 Å². The smallest absolute Gasteiger partial charge is 0.329 e. The van der Waals surface area contributed by atoms with E-state index < -0.39 is 23.3 Å². The lowest BCUT2D eigenvalue weighted by Gasteiger charge is -2.24. The number of aliphatic carboxylic acids is 3. The monoisotopic (exact) mass is 473 g/mol. The molecule has 3 aliphatic rings. The highest BCUT2D eigenvalue weighted by molar-refractivity contribution is 5.80. The van der Waals surface area contributed by atoms with E-state index in [0.717, 1.165) is 57.5 Å². The van der Waals surface area contributed by atoms with Crippen molar-refractivity contribution in [1.82, 2.24) is 14.7 Å². The van der Waals surface area contributed by atoms with Gasteiger partial charge in [0.15, 0.2) is 0 Å². The van der Waals surface area contributed by atoms with Crippen molar-refractivity contribution in [2.45, 2.75) is 13.3 Å². The number of hydrogen-bond acceptors (Lipinski definition) is 9. The average Bonchev–Trinajstić information content (AvgIpc) is 3.66. The third-order valence-corrected chi connectivity index (χ3v) is 4.49. The zero-order valence-corrected chi connectivity index (χ0v) is 18.8. The van der Waals surface area contributed by atoms with E-state index in [9.17, 15) is 14.4 Å². The summed E-state index contributed by atoms with van der Waals surface area (Å²) in [5.74, 6) is -2.63. The first-order valence-electron chi connectivity index (χ1n) is 10.4. The molecule has 0 aliphatic carbocycles. The number of aliphatic hydroxyl groups excluding tert-OH is 3. The van der Waals surface area contributed by atoms with Crippen molar-refractivity contribution in [2.24, 2.45) is 5.41 Å². The van der Waals surface area contributed by atoms with Gasteiger partial charge in [-0.25, -0.2) is 14.4 Å². The molecule has 33 heavy (non-hydrogen) atoms. The van der Waals surface area contributed by atoms with E-state index in [1.165, 1.54) is 0 Å². The van der Waals surface area contributed by atoms with Crippen LogP contribution in [0.2, 0.25) is 0 Å². The van der Waals surface area contributed by atoms with Gasteiger partial charge in [-0.05, 0) is 6.42 Å². The maximum Gasteiger partial charge on any atom is 0.329 e. The Kier molecular flexibility index (Phi) is 15.0. The van der Waals surface area contributed by atoms with E-state index in [0.29, 0.717) is 6.42 Å². The number of carboxylic acids is 3. The molecule has 3 heterocycles. The first-order chi connectivity index (χ1) is 15.6. The Morgan fingerprint density at radius 1 is 0.636 bits per heavy atom. The molecule has 0 amide bonds. The molecule has 0 saturated carbocycles. The number of aliphatic hydroxyl groups is 3. The van der Waals surface area contributed by atoms with Gasteiger partial charge in [-0.3, -0.25) is 0 Å². The lowest BCUT2D eigenvalue weighted by atomic mass is 9.88. The number of rotatable bonds is 10. The standard InChI is InChI=1S/C6H14O3.3C5H7NO2/c1-2-6(3-7,4-8)5-9;3*7-5(8)1-2-6-3-4-6/h7-9H,2-5H2,1H3;3*1-2H,3-4H2,(H,7,8). The van der Waals surface area contributed by atoms with Gasteiger partial charge in [-0.1, -0.05) is 6.92 Å². The summed E-state index contributed by atoms with van der Waals surface area (Å²) in [5, 5.41) is 50.2. The molecular weight excluding hydrogens is 438 g/mol. The zero-order valence-electron chi connectivity index (χ0n) is 18.8. The van der Waals surface area contributed by atoms with Crippen molar-refractivity contribution in [3.8, 4) is 0 Å². The van der Waals surface area contributed by atoms with Gasteiger partial charge in [0, 0.05) is 81.5 Å². The summed E-state index contributed by atoms with van der Waals surface area (Å²) >= 11 is 0. The molecule has 0 aromatic rings. The SMILES string of the molecule is CCC(CO)(CO)CO.O=C(O)C=CN1CC1.O=C(O)C=CN1CC1.O=C(O)C=CN1CC1. The van der Waals surface area contributed by atoms with E-state index in [-0.39, 0.29) is 19.8 Å². The number of nitrogens with zero attached hydrogens (tertiary/aromatic N) is 3. The molecule has 3 rings (SSSR count). The summed E-state index contributed by atoms with van der Waals surface area (Å²) in [6, 6.07) is 0. The molecule has 6 N–H and O–H groups in total. The summed E-state index contributed by atoms with van der Waals surface area (Å²) in [7, 11) is 0. The van der Waals surface area contributed by atoms with Crippen molar-refractivity contribution < 1.29 is 45.0 Å². The minimum atomic E-state index is -0.878. The normalized spacial score (nSPS) is 15.8. The number of carbonyl (C=O) groups is 3. The Morgan fingerprint density at radius 2 is 0.879 bits per heavy atom. The highest BCUT2D eigenvalue weighted by atomic mass is 16.4. The lowest BCUT2D eigenvalue weighted by Crippen LogP contribution is -2.32. The van der Waals surface area contributed by atoms with Crippen LogP contribution in [0.1, 0.15) is 13.3 Å². The van der Waals surface area contributed by atoms with E-state index in [1.54, 1.807) is 18.6 Å². The van der Waals surface area contributed by atoms with Gasteiger partial charge in [-0.15, -0.1) is 0 Å². The number of hydrogen-bond donors (Lipinski definition) is 6. The number of carboxylic acid groups (broad SMARTS) is 3. The summed E-state index contributed by atoms with van der Waals surface area (Å²) < 4.78 is 0. The van der Waals surface area contributed by atoms with Crippen LogP contribution >= 0.6 is 0 Å². The Morgan fingerprint density at radius 3 is 0.970 bits per heavy atom. The van der Waals surface area contributed by atoms with E-state index >= 15 is 0 Å². The Hall–Kier alpha value is -3.09. The van der Waals surface area contributed by atoms with Gasteiger partial charge < -0.3 is 45.3 Å². The molecule has 12 nitrogen and oxygen atoms in total. The fourth-order valence-corrected chi connectivity index (χ4v) is 1.61. The van der Waals surface area contributed by atoms with Gasteiger partial charge in [0.25, 0.3) is 0 Å². The molecular formula is C21H35N3O9. The molecule has 3 fully saturated rings. The maximum atomic E-state index is 9.82. The molecule has 0 unspecified atom stereocenters. The third kappa shape index (κ3) is 19.3. The fraction of sp³-hybridized carbons (Fsp3) is 0.571. The first kappa shape index (κ1) is 29.9. The van der Waals surface area contributed by atoms with Crippen LogP contribution in [0.15, 0.2) is 36.8 Å². The predicted octanol–water partition coefficient (Wildman–Crippen LogP) is -0.939. The van der Waals surface area contributed by atoms with Crippen LogP contribution in [-0.2, 0) is 14.4 Å². The first-order valence-corrected chi connectivity index (χ1v) is 10.4. The topological polar surface area (TPSA) is 182 Å². The van der Waals surface area contributed by atoms with Crippen LogP contribution in [0.5, 0.6) is 0 Å². The van der Waals surface area contributed by atoms with Gasteiger partial charge in [0.2, 0.25) is 0 Å². The Balaban J connectivity index is 0.000000414. The highest BCUT2D eigenvalue weighted by Gasteiger charge is 2.24. The van der Waals surface area contributed by atoms with Crippen molar-refractivity contribution in [3.05, 3.63) is 36.8 Å². The molecule has 12 heteroatoms. The predicted molar refractivity (Wildman–Crippen MR) is 119 cm³/mol. The van der Waals surface area contributed by atoms with E-state index in [4.69, 9.17) is 30.6 Å². The molecule has 0 spiro atoms. The fourth-order valence-electron chi connectivity index (χ4n) is 1.61. The van der Waals surface area contributed by atoms with E-state index in [2.05, 4.69) is 0 Å². The molecule has 3 saturated heterocycles. The molecule has 0 aromatic carbocycles. The summed E-state index contributed by atoms with van der Waals surface area (Å²) in [6.07, 6.45) is 8.79. The van der Waals surface area contributed by atoms with E-state index in [1.807, 2.05) is 21.6 Å². The minimum absolute atomic E-state index is 0.156. The van der Waals surface area contributed by atoms with Crippen LogP contribution in [0.3, 0.4) is 0 Å². The van der Waals surface area contributed by atoms with Crippen LogP contribution in [0, 0.1) is 5.41 Å². The Bertz CT molecular complexity index is 585. The van der Waals surface area contributed by atoms with Crippen LogP contribution in [0.4, 0.5) is 0 Å². The molecule has 0 aromatic heterocycles. The average molecular weight is 474 g/mol. The van der Waals surface area contributed by atoms with Gasteiger partial charge >= 0.3 is 17.9 Å². The summed E-state index contributed by atoms with van der Waals surface area (Å²) in [4.78, 5) is 35.2. The third-order valence-electron chi connectivity index (χ3n) is 4.49. The van der Waals surface area contributed by atoms with Gasteiger partial charge in [-0.2, -0.15) is 0 Å². The van der Waals surface area contributed by atoms with Crippen molar-refractivity contribution in [2.75, 3.05) is 59.1 Å². The van der Waals surface area contributed by atoms with Crippen LogP contribution < -0.4 is 0 Å². The van der Waals surface area contributed by atoms with Gasteiger partial charge in [0.1, 0.15) is 0 Å². The second-order valence-corrected chi connectivity index (χ2v) is 7.40. The molecule has 0 radical (unpaired) electrons. The van der Waals surface area contributed by atoms with Crippen LogP contribution in [-0.4, -0.2) is 122 Å². The second kappa shape index (κ2) is 16.5. The van der Waals surface area contributed by atoms with Crippen molar-refractivity contribution >= 4 is 17.9 Å². The summed E-state index contributed by atoms with van der Waals surface area (Å²) in [5.41, 5.74) is -0.667. The molecule has 188 valence electrons. The maximum absolute atomic E-state index is 9.82. The van der Waals surface area contributed by atoms with Crippen molar-refractivity contribution in [1.29, 1.82) is 0 Å². The lowest BCUT2D eigenvalue weighted by molar-refractivity contribution is -0.132. The summed E-state index contributed by atoms with van der Waals surface area (Å²) in [6.45, 7) is 7.38. The largest absolute Gasteiger partial charge is 0.478 e. The quantitative estimate of drug-likeness (QED) is 0.169.